The van der Waals surface area contributed by atoms with Crippen LogP contribution in [0.1, 0.15) is 53.4 Å². The summed E-state index contributed by atoms with van der Waals surface area (Å²) in [6.07, 6.45) is 1.48. The van der Waals surface area contributed by atoms with Gasteiger partial charge < -0.3 is 91.8 Å². The number of anilines is 6. The average molecular weight is 1390 g/mol. The topological polar surface area (TPSA) is 186 Å². The summed E-state index contributed by atoms with van der Waals surface area (Å²) in [6.45, 7) is 9.19. The lowest BCUT2D eigenvalue weighted by Crippen LogP contribution is -3.00. The third kappa shape index (κ3) is 19.6. The fourth-order valence-corrected chi connectivity index (χ4v) is 10.9. The summed E-state index contributed by atoms with van der Waals surface area (Å²) in [7, 11) is 27.7. The number of alkyl halides is 1. The van der Waals surface area contributed by atoms with Crippen LogP contribution in [0, 0.1) is 0 Å². The van der Waals surface area contributed by atoms with Crippen LogP contribution in [-0.4, -0.2) is 166 Å². The number of carbonyl (C=O) groups is 4. The van der Waals surface area contributed by atoms with Gasteiger partial charge in [-0.15, -0.1) is 0 Å². The highest BCUT2D eigenvalue weighted by Gasteiger charge is 2.27. The zero-order chi connectivity index (χ0) is 67.0. The average Bonchev–Trinajstić information content (AvgIpc) is 0.751. The molecule has 8 rings (SSSR count). The smallest absolute Gasteiger partial charge is 0.308 e. The van der Waals surface area contributed by atoms with Crippen molar-refractivity contribution in [2.45, 2.75) is 53.4 Å². The minimum atomic E-state index is -0.778. The van der Waals surface area contributed by atoms with Crippen molar-refractivity contribution in [3.63, 3.8) is 0 Å². The Kier molecular flexibility index (Phi) is 29.5. The fourth-order valence-electron chi connectivity index (χ4n) is 10.6. The van der Waals surface area contributed by atoms with Crippen LogP contribution >= 0.6 is 15.9 Å². The number of hydrogen-bond acceptors (Lipinski definition) is 17. The number of hydrogen-bond donors (Lipinski definition) is 1. The number of carbonyl (C=O) groups excluding carboxylic acids is 3. The van der Waals surface area contributed by atoms with Gasteiger partial charge in [0.25, 0.3) is 0 Å². The number of halogens is 3. The van der Waals surface area contributed by atoms with Crippen LogP contribution in [0.3, 0.4) is 0 Å². The van der Waals surface area contributed by atoms with E-state index in [1.165, 1.54) is 13.8 Å². The predicted molar refractivity (Wildman–Crippen MR) is 371 cm³/mol. The molecule has 0 saturated carbocycles. The summed E-state index contributed by atoms with van der Waals surface area (Å²) in [5, 5.41) is 13.3. The Morgan fingerprint density at radius 2 is 0.914 bits per heavy atom. The van der Waals surface area contributed by atoms with Gasteiger partial charge in [0.1, 0.15) is 67.9 Å². The summed E-state index contributed by atoms with van der Waals surface area (Å²) < 4.78 is 43.4. The molecule has 0 amide bonds. The fraction of sp³-hybridized carbons (Fsp3) is 0.400. The van der Waals surface area contributed by atoms with E-state index in [-0.39, 0.29) is 50.4 Å². The predicted octanol–water partition coefficient (Wildman–Crippen LogP) is 5.03. The lowest BCUT2D eigenvalue weighted by molar-refractivity contribution is -0.165. The second-order valence-corrected chi connectivity index (χ2v) is 23.4. The Bertz CT molecular complexity index is 3950. The maximum absolute atomic E-state index is 12.2. The number of ether oxygens (including phenoxy) is 5. The Labute approximate surface area is 567 Å². The first-order chi connectivity index (χ1) is 43.3. The van der Waals surface area contributed by atoms with E-state index in [0.717, 1.165) is 136 Å². The maximum Gasteiger partial charge on any atom is 0.308 e. The largest absolute Gasteiger partial charge is 1.00 e. The maximum atomic E-state index is 12.2. The van der Waals surface area contributed by atoms with Crippen LogP contribution in [0.5, 0.6) is 11.5 Å². The van der Waals surface area contributed by atoms with E-state index < -0.39 is 17.9 Å². The SMILES string of the molecule is CC(=O)OCBr.CCN(CCCC(=O)O)c1cc(OC)c(-c2c3ccc(=[N+](C)C)cc-3oc3cc(N(C)C)ccc23)cc1N(C)C.CCN(CCCC(=O)OCOC(C)=O)c1cc(OC)c(-c2c3ccc(=[N+](C)C)cc-3oc3cc(N(C)C)ccc23)cc1N(C)C.[Cl-].[Cl-]. The van der Waals surface area contributed by atoms with E-state index in [1.54, 1.807) is 14.2 Å². The van der Waals surface area contributed by atoms with E-state index in [1.807, 2.05) is 84.6 Å². The summed E-state index contributed by atoms with van der Waals surface area (Å²) >= 11 is 2.91. The van der Waals surface area contributed by atoms with Gasteiger partial charge in [0.15, 0.2) is 0 Å². The first-order valence-electron chi connectivity index (χ1n) is 30.1. The van der Waals surface area contributed by atoms with Gasteiger partial charge >= 0.3 is 23.9 Å². The number of fused-ring (bicyclic) bond motifs is 4. The van der Waals surface area contributed by atoms with E-state index in [2.05, 4.69) is 170 Å². The molecule has 23 heteroatoms. The molecule has 0 radical (unpaired) electrons. The van der Waals surface area contributed by atoms with Crippen molar-refractivity contribution in [2.75, 3.05) is 167 Å². The van der Waals surface area contributed by atoms with Crippen molar-refractivity contribution < 1.29 is 81.6 Å². The third-order valence-electron chi connectivity index (χ3n) is 15.4. The first-order valence-corrected chi connectivity index (χ1v) is 31.3. The molecule has 2 aliphatic carbocycles. The molecule has 20 nitrogen and oxygen atoms in total. The molecule has 4 aromatic rings. The first kappa shape index (κ1) is 77.1. The van der Waals surface area contributed by atoms with Crippen LogP contribution in [0.25, 0.3) is 66.8 Å². The van der Waals surface area contributed by atoms with Gasteiger partial charge in [-0.1, -0.05) is 0 Å². The summed E-state index contributed by atoms with van der Waals surface area (Å²) in [4.78, 5) is 56.8. The molecule has 0 fully saturated rings. The summed E-state index contributed by atoms with van der Waals surface area (Å²) in [5.74, 6) is 1.13. The molecule has 1 N–H and O–H groups in total. The monoisotopic (exact) mass is 1380 g/mol. The molecule has 93 heavy (non-hydrogen) atoms. The zero-order valence-electron chi connectivity index (χ0n) is 57.0. The highest BCUT2D eigenvalue weighted by Crippen LogP contribution is 2.50. The van der Waals surface area contributed by atoms with Crippen LogP contribution < -0.4 is 83.6 Å². The minimum absolute atomic E-state index is 0. The quantitative estimate of drug-likeness (QED) is 0.0295. The standard InChI is InChI=1S/C35H45N4O6.C32H40N4O4.C3H5BrO2.2ClH/c1-10-39(17-11-12-34(41)44-22-43-23(2)40)30-21-31(42-9)28(20-29(30)38(7)8)35-26-15-13-24(36(3)4)18-32(26)45-33-19-25(37(5)6)14-16-27(33)35;1-9-36(16-10-11-31(37)38)27-20-28(39-8)25(19-26(27)35(6)7)32-23-14-12-21(33(2)3)17-29(23)40-30-18-22(34(4)5)13-15-24(30)32;1-3(5)6-2-4;;/h13-16,18-21H,10-12,17,22H2,1-9H3;12-15,17-20H,9-11,16H2,1-8H3;2H2,1H3;2*1H/q+1;;;;/p-1. The second kappa shape index (κ2) is 35.6. The number of rotatable bonds is 23. The Morgan fingerprint density at radius 1 is 0.505 bits per heavy atom. The molecule has 0 aromatic heterocycles. The van der Waals surface area contributed by atoms with Crippen LogP contribution in [-0.2, 0) is 33.4 Å². The highest BCUT2D eigenvalue weighted by atomic mass is 79.9. The molecule has 0 saturated heterocycles. The van der Waals surface area contributed by atoms with Crippen molar-refractivity contribution in [2.24, 2.45) is 0 Å². The van der Waals surface area contributed by atoms with Gasteiger partial charge in [-0.05, 0) is 91.1 Å². The van der Waals surface area contributed by atoms with Crippen LogP contribution in [0.4, 0.5) is 34.1 Å². The van der Waals surface area contributed by atoms with Crippen molar-refractivity contribution in [3.8, 4) is 56.4 Å². The van der Waals surface area contributed by atoms with Crippen LogP contribution in [0.15, 0.2) is 106 Å². The van der Waals surface area contributed by atoms with Gasteiger partial charge in [0.05, 0.1) is 49.1 Å². The molecular formula is C70H91BrCl2N8O12. The molecule has 504 valence electrons. The highest BCUT2D eigenvalue weighted by molar-refractivity contribution is 9.09. The van der Waals surface area contributed by atoms with Crippen molar-refractivity contribution >= 4 is 95.9 Å². The molecule has 0 atom stereocenters. The number of carboxylic acids is 1. The Balaban J connectivity index is 0.000000359. The number of esters is 3. The van der Waals surface area contributed by atoms with Crippen molar-refractivity contribution in [3.05, 3.63) is 108 Å². The number of nitrogens with zero attached hydrogens (tertiary/aromatic N) is 8. The third-order valence-corrected chi connectivity index (χ3v) is 15.6. The lowest BCUT2D eigenvalue weighted by atomic mass is 9.92. The molecule has 0 spiro atoms. The normalized spacial score (nSPS) is 10.6. The summed E-state index contributed by atoms with van der Waals surface area (Å²) in [5.41, 5.74) is 14.0. The molecule has 2 heterocycles. The number of carboxylic acid groups (broad SMARTS) is 1. The Hall–Kier alpha value is -8.40. The second-order valence-electron chi connectivity index (χ2n) is 22.9. The minimum Gasteiger partial charge on any atom is -1.00 e. The van der Waals surface area contributed by atoms with Crippen molar-refractivity contribution in [1.82, 2.24) is 9.15 Å². The van der Waals surface area contributed by atoms with Gasteiger partial charge in [0, 0.05) is 201 Å². The molecule has 0 unspecified atom stereocenters. The Morgan fingerprint density at radius 3 is 1.24 bits per heavy atom. The molecule has 4 aromatic carbocycles. The van der Waals surface area contributed by atoms with Gasteiger partial charge in [0.2, 0.25) is 17.5 Å². The summed E-state index contributed by atoms with van der Waals surface area (Å²) in [6, 6.07) is 33.7. The van der Waals surface area contributed by atoms with E-state index >= 15 is 0 Å². The van der Waals surface area contributed by atoms with Gasteiger partial charge in [-0.3, -0.25) is 19.2 Å². The number of benzene rings is 6. The molecule has 4 aliphatic rings. The van der Waals surface area contributed by atoms with E-state index in [9.17, 15) is 19.2 Å². The van der Waals surface area contributed by atoms with E-state index in [0.29, 0.717) is 31.4 Å². The zero-order valence-corrected chi connectivity index (χ0v) is 60.1. The van der Waals surface area contributed by atoms with Gasteiger partial charge in [-0.2, -0.15) is 0 Å². The van der Waals surface area contributed by atoms with Gasteiger partial charge in [-0.25, -0.2) is 9.15 Å². The molecule has 2 aliphatic heterocycles. The number of aliphatic carboxylic acids is 1. The van der Waals surface area contributed by atoms with Crippen molar-refractivity contribution in [1.29, 1.82) is 0 Å². The molecule has 0 bridgehead atoms. The van der Waals surface area contributed by atoms with E-state index in [4.69, 9.17) is 32.9 Å². The number of methoxy groups -OCH3 is 2. The lowest BCUT2D eigenvalue weighted by Gasteiger charge is -2.30. The molecular weight excluding hydrogens is 1300 g/mol. The van der Waals surface area contributed by atoms with Crippen LogP contribution in [0.2, 0.25) is 0 Å².